The maximum atomic E-state index is 12.8. The van der Waals surface area contributed by atoms with Crippen LogP contribution in [-0.4, -0.2) is 28.5 Å². The SMILES string of the molecule is COc1ccc(S(=O)(=O)Nc2cccc(C(=O)NCc3ccccc3)c2)c(OC)c1. The van der Waals surface area contributed by atoms with Gasteiger partial charge in [0.05, 0.1) is 14.2 Å². The van der Waals surface area contributed by atoms with E-state index in [2.05, 4.69) is 10.0 Å². The zero-order chi connectivity index (χ0) is 21.6. The Morgan fingerprint density at radius 1 is 0.900 bits per heavy atom. The molecule has 0 spiro atoms. The largest absolute Gasteiger partial charge is 0.497 e. The molecule has 0 bridgehead atoms. The minimum absolute atomic E-state index is 0.0373. The van der Waals surface area contributed by atoms with E-state index in [1.54, 1.807) is 18.2 Å². The molecule has 30 heavy (non-hydrogen) atoms. The van der Waals surface area contributed by atoms with Gasteiger partial charge in [0.2, 0.25) is 0 Å². The molecular weight excluding hydrogens is 404 g/mol. The summed E-state index contributed by atoms with van der Waals surface area (Å²) in [6.45, 7) is 0.374. The van der Waals surface area contributed by atoms with Crippen molar-refractivity contribution in [2.24, 2.45) is 0 Å². The monoisotopic (exact) mass is 426 g/mol. The third kappa shape index (κ3) is 5.09. The van der Waals surface area contributed by atoms with Gasteiger partial charge < -0.3 is 14.8 Å². The molecule has 3 aromatic rings. The minimum Gasteiger partial charge on any atom is -0.497 e. The Bertz CT molecular complexity index is 1130. The molecule has 3 aromatic carbocycles. The van der Waals surface area contributed by atoms with E-state index in [-0.39, 0.29) is 22.2 Å². The fraction of sp³-hybridized carbons (Fsp3) is 0.136. The van der Waals surface area contributed by atoms with Crippen LogP contribution in [0.2, 0.25) is 0 Å². The lowest BCUT2D eigenvalue weighted by Gasteiger charge is -2.13. The van der Waals surface area contributed by atoms with Gasteiger partial charge in [0, 0.05) is 23.9 Å². The van der Waals surface area contributed by atoms with E-state index in [4.69, 9.17) is 9.47 Å². The Hall–Kier alpha value is -3.52. The Kier molecular flexibility index (Phi) is 6.58. The summed E-state index contributed by atoms with van der Waals surface area (Å²) in [5.41, 5.74) is 1.57. The molecule has 3 rings (SSSR count). The molecule has 0 aliphatic heterocycles. The molecule has 7 nitrogen and oxygen atoms in total. The van der Waals surface area contributed by atoms with Crippen LogP contribution in [0.4, 0.5) is 5.69 Å². The number of hydrogen-bond donors (Lipinski definition) is 2. The first kappa shape index (κ1) is 21.2. The molecule has 0 aliphatic rings. The number of hydrogen-bond acceptors (Lipinski definition) is 5. The Balaban J connectivity index is 1.76. The summed E-state index contributed by atoms with van der Waals surface area (Å²) in [7, 11) is -1.08. The van der Waals surface area contributed by atoms with Crippen LogP contribution in [0.5, 0.6) is 11.5 Å². The molecule has 0 atom stereocenters. The Labute approximate surface area is 175 Å². The van der Waals surface area contributed by atoms with Crippen LogP contribution in [0.1, 0.15) is 15.9 Å². The van der Waals surface area contributed by atoms with Gasteiger partial charge in [-0.3, -0.25) is 9.52 Å². The number of nitrogens with one attached hydrogen (secondary N) is 2. The van der Waals surface area contributed by atoms with Crippen molar-refractivity contribution in [1.29, 1.82) is 0 Å². The van der Waals surface area contributed by atoms with Crippen LogP contribution in [0, 0.1) is 0 Å². The summed E-state index contributed by atoms with van der Waals surface area (Å²) in [5, 5.41) is 2.82. The lowest BCUT2D eigenvalue weighted by atomic mass is 10.2. The van der Waals surface area contributed by atoms with Gasteiger partial charge in [-0.05, 0) is 35.9 Å². The van der Waals surface area contributed by atoms with E-state index in [0.29, 0.717) is 17.9 Å². The van der Waals surface area contributed by atoms with E-state index in [1.165, 1.54) is 38.5 Å². The number of carbonyl (C=O) groups excluding carboxylic acids is 1. The van der Waals surface area contributed by atoms with Crippen LogP contribution < -0.4 is 19.5 Å². The first-order valence-electron chi connectivity index (χ1n) is 9.10. The zero-order valence-electron chi connectivity index (χ0n) is 16.6. The lowest BCUT2D eigenvalue weighted by Crippen LogP contribution is -2.23. The quantitative estimate of drug-likeness (QED) is 0.576. The lowest BCUT2D eigenvalue weighted by molar-refractivity contribution is 0.0951. The van der Waals surface area contributed by atoms with Crippen molar-refractivity contribution in [1.82, 2.24) is 5.32 Å². The van der Waals surface area contributed by atoms with Crippen molar-refractivity contribution in [2.75, 3.05) is 18.9 Å². The first-order valence-corrected chi connectivity index (χ1v) is 10.6. The predicted molar refractivity (Wildman–Crippen MR) is 114 cm³/mol. The van der Waals surface area contributed by atoms with E-state index in [9.17, 15) is 13.2 Å². The minimum atomic E-state index is -3.94. The second kappa shape index (κ2) is 9.32. The molecule has 156 valence electrons. The van der Waals surface area contributed by atoms with Gasteiger partial charge in [0.1, 0.15) is 16.4 Å². The third-order valence-electron chi connectivity index (χ3n) is 4.33. The number of sulfonamides is 1. The van der Waals surface area contributed by atoms with Crippen LogP contribution in [0.25, 0.3) is 0 Å². The van der Waals surface area contributed by atoms with Crippen molar-refractivity contribution in [3.63, 3.8) is 0 Å². The second-order valence-electron chi connectivity index (χ2n) is 6.37. The highest BCUT2D eigenvalue weighted by Gasteiger charge is 2.21. The topological polar surface area (TPSA) is 93.7 Å². The fourth-order valence-electron chi connectivity index (χ4n) is 2.81. The molecule has 0 aromatic heterocycles. The average molecular weight is 426 g/mol. The van der Waals surface area contributed by atoms with Crippen LogP contribution in [0.3, 0.4) is 0 Å². The highest BCUT2D eigenvalue weighted by molar-refractivity contribution is 7.92. The summed E-state index contributed by atoms with van der Waals surface area (Å²) in [6.07, 6.45) is 0. The second-order valence-corrected chi connectivity index (χ2v) is 8.02. The number of benzene rings is 3. The maximum absolute atomic E-state index is 12.8. The van der Waals surface area contributed by atoms with Crippen molar-refractivity contribution in [2.45, 2.75) is 11.4 Å². The van der Waals surface area contributed by atoms with Gasteiger partial charge in [0.25, 0.3) is 15.9 Å². The number of methoxy groups -OCH3 is 2. The Morgan fingerprint density at radius 2 is 1.67 bits per heavy atom. The molecule has 2 N–H and O–H groups in total. The standard InChI is InChI=1S/C22H22N2O5S/c1-28-19-11-12-21(20(14-19)29-2)30(26,27)24-18-10-6-9-17(13-18)22(25)23-15-16-7-4-3-5-8-16/h3-14,24H,15H2,1-2H3,(H,23,25). The maximum Gasteiger partial charge on any atom is 0.265 e. The number of rotatable bonds is 8. The van der Waals surface area contributed by atoms with Crippen LogP contribution >= 0.6 is 0 Å². The molecule has 0 saturated carbocycles. The van der Waals surface area contributed by atoms with Crippen molar-refractivity contribution >= 4 is 21.6 Å². The summed E-state index contributed by atoms with van der Waals surface area (Å²) in [4.78, 5) is 12.4. The third-order valence-corrected chi connectivity index (χ3v) is 5.75. The number of anilines is 1. The molecular formula is C22H22N2O5S. The number of carbonyl (C=O) groups is 1. The summed E-state index contributed by atoms with van der Waals surface area (Å²) >= 11 is 0. The van der Waals surface area contributed by atoms with Crippen molar-refractivity contribution < 1.29 is 22.7 Å². The summed E-state index contributed by atoms with van der Waals surface area (Å²) < 4.78 is 38.5. The van der Waals surface area contributed by atoms with E-state index < -0.39 is 10.0 Å². The molecule has 0 radical (unpaired) electrons. The summed E-state index contributed by atoms with van der Waals surface area (Å²) in [6, 6.07) is 20.2. The molecule has 0 saturated heterocycles. The van der Waals surface area contributed by atoms with E-state index >= 15 is 0 Å². The van der Waals surface area contributed by atoms with Gasteiger partial charge in [-0.2, -0.15) is 0 Å². The smallest absolute Gasteiger partial charge is 0.265 e. The zero-order valence-corrected chi connectivity index (χ0v) is 17.4. The van der Waals surface area contributed by atoms with Gasteiger partial charge in [-0.1, -0.05) is 36.4 Å². The highest BCUT2D eigenvalue weighted by atomic mass is 32.2. The molecule has 0 aliphatic carbocycles. The van der Waals surface area contributed by atoms with Gasteiger partial charge in [-0.15, -0.1) is 0 Å². The van der Waals surface area contributed by atoms with Gasteiger partial charge in [-0.25, -0.2) is 8.42 Å². The highest BCUT2D eigenvalue weighted by Crippen LogP contribution is 2.29. The van der Waals surface area contributed by atoms with Gasteiger partial charge in [0.15, 0.2) is 0 Å². The number of amides is 1. The van der Waals surface area contributed by atoms with Crippen LogP contribution in [0.15, 0.2) is 77.7 Å². The van der Waals surface area contributed by atoms with E-state index in [1.807, 2.05) is 30.3 Å². The first-order chi connectivity index (χ1) is 14.4. The van der Waals surface area contributed by atoms with Crippen LogP contribution in [-0.2, 0) is 16.6 Å². The van der Waals surface area contributed by atoms with E-state index in [0.717, 1.165) is 5.56 Å². The summed E-state index contributed by atoms with van der Waals surface area (Å²) in [5.74, 6) is 0.323. The number of ether oxygens (including phenoxy) is 2. The average Bonchev–Trinajstić information content (AvgIpc) is 2.77. The molecule has 0 unspecified atom stereocenters. The molecule has 0 heterocycles. The Morgan fingerprint density at radius 3 is 2.37 bits per heavy atom. The fourth-order valence-corrected chi connectivity index (χ4v) is 4.01. The van der Waals surface area contributed by atoms with Crippen molar-refractivity contribution in [3.05, 3.63) is 83.9 Å². The van der Waals surface area contributed by atoms with Crippen molar-refractivity contribution in [3.8, 4) is 11.5 Å². The van der Waals surface area contributed by atoms with Gasteiger partial charge >= 0.3 is 0 Å². The predicted octanol–water partition coefficient (Wildman–Crippen LogP) is 3.43. The molecule has 0 fully saturated rings. The molecule has 1 amide bonds. The normalized spacial score (nSPS) is 10.9. The molecule has 8 heteroatoms.